The number of rotatable bonds is 6. The average Bonchev–Trinajstić information content (AvgIpc) is 2.64. The van der Waals surface area contributed by atoms with Gasteiger partial charge in [0.1, 0.15) is 10.9 Å². The minimum absolute atomic E-state index is 0.182. The Morgan fingerprint density at radius 3 is 2.47 bits per heavy atom. The molecular formula is C11H12ClNO5S. The molecule has 1 atom stereocenters. The van der Waals surface area contributed by atoms with Crippen LogP contribution in [-0.4, -0.2) is 34.1 Å². The highest BCUT2D eigenvalue weighted by atomic mass is 35.5. The third kappa shape index (κ3) is 4.22. The van der Waals surface area contributed by atoms with Crippen LogP contribution in [0.5, 0.6) is 0 Å². The Hall–Kier alpha value is -1.60. The van der Waals surface area contributed by atoms with Crippen molar-refractivity contribution in [3.05, 3.63) is 20.8 Å². The zero-order valence-corrected chi connectivity index (χ0v) is 11.5. The minimum Gasteiger partial charge on any atom is -0.481 e. The number of carboxylic acids is 2. The summed E-state index contributed by atoms with van der Waals surface area (Å²) < 4.78 is 0. The van der Waals surface area contributed by atoms with Crippen LogP contribution in [-0.2, 0) is 9.59 Å². The Balaban J connectivity index is 2.74. The molecule has 0 saturated carbocycles. The summed E-state index contributed by atoms with van der Waals surface area (Å²) in [5.74, 6) is -3.01. The maximum atomic E-state index is 11.8. The normalized spacial score (nSPS) is 11.9. The van der Waals surface area contributed by atoms with Gasteiger partial charge in [0.2, 0.25) is 0 Å². The SMILES string of the molecule is Cc1csc(C(=O)NC(CCC(=O)O)C(=O)O)c1Cl. The fourth-order valence-electron chi connectivity index (χ4n) is 1.33. The van der Waals surface area contributed by atoms with Crippen molar-refractivity contribution in [3.8, 4) is 0 Å². The van der Waals surface area contributed by atoms with Gasteiger partial charge in [-0.1, -0.05) is 11.6 Å². The summed E-state index contributed by atoms with van der Waals surface area (Å²) >= 11 is 7.01. The molecule has 0 saturated heterocycles. The quantitative estimate of drug-likeness (QED) is 0.743. The van der Waals surface area contributed by atoms with E-state index in [2.05, 4.69) is 5.32 Å². The van der Waals surface area contributed by atoms with Gasteiger partial charge < -0.3 is 15.5 Å². The standard InChI is InChI=1S/C11H12ClNO5S/c1-5-4-19-9(8(5)12)10(16)13-6(11(17)18)2-3-7(14)15/h4,6H,2-3H2,1H3,(H,13,16)(H,14,15)(H,17,18). The van der Waals surface area contributed by atoms with E-state index in [1.165, 1.54) is 0 Å². The molecule has 1 aromatic heterocycles. The van der Waals surface area contributed by atoms with Gasteiger partial charge in [0.15, 0.2) is 0 Å². The van der Waals surface area contributed by atoms with Crippen molar-refractivity contribution in [3.63, 3.8) is 0 Å². The topological polar surface area (TPSA) is 104 Å². The van der Waals surface area contributed by atoms with Crippen molar-refractivity contribution in [2.45, 2.75) is 25.8 Å². The highest BCUT2D eigenvalue weighted by molar-refractivity contribution is 7.13. The molecule has 3 N–H and O–H groups in total. The van der Waals surface area contributed by atoms with E-state index < -0.39 is 23.9 Å². The van der Waals surface area contributed by atoms with E-state index in [0.29, 0.717) is 0 Å². The van der Waals surface area contributed by atoms with Crippen LogP contribution in [0.3, 0.4) is 0 Å². The van der Waals surface area contributed by atoms with Crippen LogP contribution < -0.4 is 5.32 Å². The van der Waals surface area contributed by atoms with E-state index in [4.69, 9.17) is 21.8 Å². The summed E-state index contributed by atoms with van der Waals surface area (Å²) in [6, 6.07) is -1.25. The molecule has 0 radical (unpaired) electrons. The second kappa shape index (κ2) is 6.53. The van der Waals surface area contributed by atoms with Gasteiger partial charge in [-0.2, -0.15) is 0 Å². The maximum absolute atomic E-state index is 11.8. The first kappa shape index (κ1) is 15.5. The molecule has 0 spiro atoms. The van der Waals surface area contributed by atoms with Gasteiger partial charge in [0, 0.05) is 6.42 Å². The Bertz CT molecular complexity index is 513. The highest BCUT2D eigenvalue weighted by Gasteiger charge is 2.23. The lowest BCUT2D eigenvalue weighted by atomic mass is 10.1. The fourth-order valence-corrected chi connectivity index (χ4v) is 2.51. The lowest BCUT2D eigenvalue weighted by molar-refractivity contribution is -0.140. The maximum Gasteiger partial charge on any atom is 0.326 e. The fraction of sp³-hybridized carbons (Fsp3) is 0.364. The lowest BCUT2D eigenvalue weighted by Gasteiger charge is -2.12. The van der Waals surface area contributed by atoms with E-state index in [1.807, 2.05) is 0 Å². The van der Waals surface area contributed by atoms with Crippen LogP contribution in [0.1, 0.15) is 28.1 Å². The second-order valence-corrected chi connectivity index (χ2v) is 5.12. The summed E-state index contributed by atoms with van der Waals surface area (Å²) in [5, 5.41) is 21.7. The van der Waals surface area contributed by atoms with Gasteiger partial charge in [0.05, 0.1) is 5.02 Å². The van der Waals surface area contributed by atoms with Crippen molar-refractivity contribution in [1.29, 1.82) is 0 Å². The van der Waals surface area contributed by atoms with Crippen molar-refractivity contribution >= 4 is 40.8 Å². The van der Waals surface area contributed by atoms with Crippen LogP contribution in [0, 0.1) is 6.92 Å². The molecule has 0 aromatic carbocycles. The first-order valence-electron chi connectivity index (χ1n) is 5.32. The van der Waals surface area contributed by atoms with Gasteiger partial charge >= 0.3 is 11.9 Å². The number of thiophene rings is 1. The van der Waals surface area contributed by atoms with E-state index >= 15 is 0 Å². The Morgan fingerprint density at radius 1 is 1.42 bits per heavy atom. The van der Waals surface area contributed by atoms with Crippen LogP contribution in [0.25, 0.3) is 0 Å². The van der Waals surface area contributed by atoms with Crippen LogP contribution in [0.2, 0.25) is 5.02 Å². The molecule has 6 nitrogen and oxygen atoms in total. The predicted octanol–water partition coefficient (Wildman–Crippen LogP) is 1.76. The molecule has 104 valence electrons. The molecule has 8 heteroatoms. The van der Waals surface area contributed by atoms with Crippen molar-refractivity contribution in [2.75, 3.05) is 0 Å². The van der Waals surface area contributed by atoms with E-state index in [-0.39, 0.29) is 22.7 Å². The number of halogens is 1. The van der Waals surface area contributed by atoms with Crippen molar-refractivity contribution in [2.24, 2.45) is 0 Å². The number of hydrogen-bond donors (Lipinski definition) is 3. The number of aryl methyl sites for hydroxylation is 1. The van der Waals surface area contributed by atoms with E-state index in [0.717, 1.165) is 16.9 Å². The molecule has 1 rings (SSSR count). The Morgan fingerprint density at radius 2 is 2.05 bits per heavy atom. The molecule has 19 heavy (non-hydrogen) atoms. The first-order valence-corrected chi connectivity index (χ1v) is 6.57. The monoisotopic (exact) mass is 305 g/mol. The highest BCUT2D eigenvalue weighted by Crippen LogP contribution is 2.27. The summed E-state index contributed by atoms with van der Waals surface area (Å²) in [5.41, 5.74) is 0.731. The third-order valence-corrected chi connectivity index (χ3v) is 4.05. The molecule has 0 fully saturated rings. The van der Waals surface area contributed by atoms with Gasteiger partial charge in [-0.3, -0.25) is 9.59 Å². The van der Waals surface area contributed by atoms with Gasteiger partial charge in [-0.25, -0.2) is 4.79 Å². The second-order valence-electron chi connectivity index (χ2n) is 3.86. The Kier molecular flexibility index (Phi) is 5.31. The number of carboxylic acid groups (broad SMARTS) is 2. The zero-order chi connectivity index (χ0) is 14.6. The number of hydrogen-bond acceptors (Lipinski definition) is 4. The number of aliphatic carboxylic acids is 2. The molecule has 1 aromatic rings. The minimum atomic E-state index is -1.28. The molecule has 1 amide bonds. The van der Waals surface area contributed by atoms with Crippen molar-refractivity contribution < 1.29 is 24.6 Å². The molecule has 0 aliphatic rings. The third-order valence-electron chi connectivity index (χ3n) is 2.36. The molecule has 1 heterocycles. The van der Waals surface area contributed by atoms with E-state index in [1.54, 1.807) is 12.3 Å². The van der Waals surface area contributed by atoms with Gasteiger partial charge in [-0.15, -0.1) is 11.3 Å². The van der Waals surface area contributed by atoms with Gasteiger partial charge in [-0.05, 0) is 24.3 Å². The number of amides is 1. The van der Waals surface area contributed by atoms with E-state index in [9.17, 15) is 14.4 Å². The summed E-state index contributed by atoms with van der Waals surface area (Å²) in [6.07, 6.45) is -0.521. The van der Waals surface area contributed by atoms with Crippen LogP contribution in [0.4, 0.5) is 0 Å². The van der Waals surface area contributed by atoms with Gasteiger partial charge in [0.25, 0.3) is 5.91 Å². The van der Waals surface area contributed by atoms with Crippen LogP contribution >= 0.6 is 22.9 Å². The summed E-state index contributed by atoms with van der Waals surface area (Å²) in [7, 11) is 0. The first-order chi connectivity index (χ1) is 8.82. The molecule has 0 bridgehead atoms. The summed E-state index contributed by atoms with van der Waals surface area (Å²) in [6.45, 7) is 1.73. The number of carbonyl (C=O) groups excluding carboxylic acids is 1. The molecule has 0 aliphatic carbocycles. The van der Waals surface area contributed by atoms with Crippen molar-refractivity contribution in [1.82, 2.24) is 5.32 Å². The predicted molar refractivity (Wildman–Crippen MR) is 69.8 cm³/mol. The molecule has 0 aliphatic heterocycles. The van der Waals surface area contributed by atoms with Crippen LogP contribution in [0.15, 0.2) is 5.38 Å². The summed E-state index contributed by atoms with van der Waals surface area (Å²) in [4.78, 5) is 33.4. The lowest BCUT2D eigenvalue weighted by Crippen LogP contribution is -2.40. The molecule has 1 unspecified atom stereocenters. The smallest absolute Gasteiger partial charge is 0.326 e. The average molecular weight is 306 g/mol. The number of carbonyl (C=O) groups is 3. The molecular weight excluding hydrogens is 294 g/mol. The zero-order valence-electron chi connectivity index (χ0n) is 9.97. The Labute approximate surface area is 118 Å². The largest absolute Gasteiger partial charge is 0.481 e. The number of nitrogens with one attached hydrogen (secondary N) is 1.